The summed E-state index contributed by atoms with van der Waals surface area (Å²) < 4.78 is 1.62. The van der Waals surface area contributed by atoms with Gasteiger partial charge in [0.25, 0.3) is 5.56 Å². The summed E-state index contributed by atoms with van der Waals surface area (Å²) in [6.45, 7) is 3.94. The Kier molecular flexibility index (Phi) is 4.12. The van der Waals surface area contributed by atoms with Crippen molar-refractivity contribution in [3.05, 3.63) is 79.8 Å². The highest BCUT2D eigenvalue weighted by molar-refractivity contribution is 7.71. The molecular formula is C21H17N3O2S. The number of nitrogens with zero attached hydrogens (tertiary/aromatic N) is 2. The van der Waals surface area contributed by atoms with Crippen LogP contribution in [0.25, 0.3) is 17.3 Å². The number of H-pyrrole nitrogens is 1. The maximum absolute atomic E-state index is 12.5. The van der Waals surface area contributed by atoms with Crippen LogP contribution in [0.3, 0.4) is 0 Å². The highest BCUT2D eigenvalue weighted by Crippen LogP contribution is 2.33. The molecule has 4 rings (SSSR count). The molecule has 0 aliphatic carbocycles. The molecule has 0 bridgehead atoms. The van der Waals surface area contributed by atoms with E-state index in [1.165, 1.54) is 4.57 Å². The second-order valence-electron chi connectivity index (χ2n) is 6.55. The van der Waals surface area contributed by atoms with Crippen molar-refractivity contribution in [1.82, 2.24) is 9.55 Å². The van der Waals surface area contributed by atoms with Gasteiger partial charge >= 0.3 is 0 Å². The van der Waals surface area contributed by atoms with Gasteiger partial charge in [-0.1, -0.05) is 24.3 Å². The van der Waals surface area contributed by atoms with Crippen LogP contribution in [0.1, 0.15) is 22.3 Å². The van der Waals surface area contributed by atoms with Crippen LogP contribution in [0, 0.1) is 18.6 Å². The van der Waals surface area contributed by atoms with Crippen LogP contribution in [0.5, 0.6) is 5.88 Å². The van der Waals surface area contributed by atoms with Gasteiger partial charge in [0.15, 0.2) is 4.77 Å². The number of aliphatic imine (C=N–C) groups is 1. The molecule has 0 saturated heterocycles. The summed E-state index contributed by atoms with van der Waals surface area (Å²) in [7, 11) is 0. The van der Waals surface area contributed by atoms with Gasteiger partial charge in [-0.25, -0.2) is 0 Å². The Bertz CT molecular complexity index is 1230. The fourth-order valence-electron chi connectivity index (χ4n) is 3.30. The molecule has 0 saturated carbocycles. The number of benzene rings is 2. The zero-order chi connectivity index (χ0) is 19.1. The maximum Gasteiger partial charge on any atom is 0.262 e. The van der Waals surface area contributed by atoms with E-state index < -0.39 is 5.56 Å². The second kappa shape index (κ2) is 6.48. The number of para-hydroxylation sites is 1. The Morgan fingerprint density at radius 2 is 1.85 bits per heavy atom. The monoisotopic (exact) mass is 375 g/mol. The summed E-state index contributed by atoms with van der Waals surface area (Å²) >= 11 is 5.30. The SMILES string of the molecule is Cc1cc(C)cc(-n2c(O)c(C=C3C=Nc4ccccc43)c(=O)[nH]c2=S)c1. The lowest BCUT2D eigenvalue weighted by Crippen LogP contribution is -2.16. The van der Waals surface area contributed by atoms with Crippen LogP contribution in [0.15, 0.2) is 52.3 Å². The zero-order valence-electron chi connectivity index (χ0n) is 14.9. The highest BCUT2D eigenvalue weighted by Gasteiger charge is 2.16. The van der Waals surface area contributed by atoms with Gasteiger partial charge in [0.1, 0.15) is 5.56 Å². The molecule has 1 aliphatic rings. The number of hydrogen-bond acceptors (Lipinski definition) is 4. The molecule has 134 valence electrons. The lowest BCUT2D eigenvalue weighted by atomic mass is 10.1. The van der Waals surface area contributed by atoms with Crippen molar-refractivity contribution in [3.63, 3.8) is 0 Å². The van der Waals surface area contributed by atoms with Crippen LogP contribution < -0.4 is 5.56 Å². The van der Waals surface area contributed by atoms with E-state index in [-0.39, 0.29) is 16.2 Å². The largest absolute Gasteiger partial charge is 0.494 e. The Morgan fingerprint density at radius 1 is 1.15 bits per heavy atom. The Morgan fingerprint density at radius 3 is 2.59 bits per heavy atom. The minimum absolute atomic E-state index is 0.140. The van der Waals surface area contributed by atoms with Gasteiger partial charge in [-0.2, -0.15) is 0 Å². The van der Waals surface area contributed by atoms with Gasteiger partial charge in [0, 0.05) is 17.4 Å². The maximum atomic E-state index is 12.5. The number of fused-ring (bicyclic) bond motifs is 1. The van der Waals surface area contributed by atoms with E-state index in [0.717, 1.165) is 28.0 Å². The first-order valence-electron chi connectivity index (χ1n) is 8.46. The van der Waals surface area contributed by atoms with E-state index in [4.69, 9.17) is 12.2 Å². The average Bonchev–Trinajstić information content (AvgIpc) is 3.00. The molecule has 1 aromatic heterocycles. The zero-order valence-corrected chi connectivity index (χ0v) is 15.7. The molecule has 0 atom stereocenters. The third-order valence-electron chi connectivity index (χ3n) is 4.44. The molecule has 2 aromatic carbocycles. The van der Waals surface area contributed by atoms with Gasteiger partial charge in [0.05, 0.1) is 11.4 Å². The van der Waals surface area contributed by atoms with E-state index in [1.807, 2.05) is 56.3 Å². The number of hydrogen-bond donors (Lipinski definition) is 2. The molecule has 0 spiro atoms. The van der Waals surface area contributed by atoms with E-state index in [9.17, 15) is 9.90 Å². The van der Waals surface area contributed by atoms with Crippen LogP contribution in [0.2, 0.25) is 0 Å². The second-order valence-corrected chi connectivity index (χ2v) is 6.94. The van der Waals surface area contributed by atoms with Crippen LogP contribution in [-0.4, -0.2) is 20.9 Å². The minimum atomic E-state index is -0.441. The van der Waals surface area contributed by atoms with E-state index in [2.05, 4.69) is 9.98 Å². The van der Waals surface area contributed by atoms with Gasteiger partial charge in [-0.3, -0.25) is 19.3 Å². The fraction of sp³-hybridized carbons (Fsp3) is 0.0952. The molecule has 0 fully saturated rings. The van der Waals surface area contributed by atoms with Gasteiger partial charge in [-0.15, -0.1) is 0 Å². The molecule has 0 amide bonds. The number of aromatic hydroxyl groups is 1. The lowest BCUT2D eigenvalue weighted by Gasteiger charge is -2.13. The normalized spacial score (nSPS) is 13.9. The summed E-state index contributed by atoms with van der Waals surface area (Å²) in [5.41, 5.74) is 4.98. The smallest absolute Gasteiger partial charge is 0.262 e. The van der Waals surface area contributed by atoms with Crippen molar-refractivity contribution < 1.29 is 5.11 Å². The summed E-state index contributed by atoms with van der Waals surface area (Å²) in [6.07, 6.45) is 3.32. The number of aromatic amines is 1. The molecule has 3 aromatic rings. The highest BCUT2D eigenvalue weighted by atomic mass is 32.1. The predicted octanol–water partition coefficient (Wildman–Crippen LogP) is 4.47. The summed E-state index contributed by atoms with van der Waals surface area (Å²) in [6, 6.07) is 13.5. The number of aryl methyl sites for hydroxylation is 2. The van der Waals surface area contributed by atoms with Crippen molar-refractivity contribution >= 4 is 35.8 Å². The minimum Gasteiger partial charge on any atom is -0.494 e. The Balaban J connectivity index is 1.94. The van der Waals surface area contributed by atoms with Gasteiger partial charge in [0.2, 0.25) is 5.88 Å². The quantitative estimate of drug-likeness (QED) is 0.649. The molecule has 5 nitrogen and oxygen atoms in total. The van der Waals surface area contributed by atoms with Crippen molar-refractivity contribution in [3.8, 4) is 11.6 Å². The third-order valence-corrected chi connectivity index (χ3v) is 4.73. The molecular weight excluding hydrogens is 358 g/mol. The van der Waals surface area contributed by atoms with Crippen molar-refractivity contribution in [2.75, 3.05) is 0 Å². The average molecular weight is 375 g/mol. The first-order valence-corrected chi connectivity index (χ1v) is 8.87. The fourth-order valence-corrected chi connectivity index (χ4v) is 3.58. The van der Waals surface area contributed by atoms with E-state index in [0.29, 0.717) is 5.69 Å². The molecule has 6 heteroatoms. The van der Waals surface area contributed by atoms with E-state index >= 15 is 0 Å². The molecule has 2 heterocycles. The standard InChI is InChI=1S/C21H17N3O2S/c1-12-7-13(2)9-15(8-12)24-20(26)17(19(25)23-21(24)27)10-14-11-22-18-6-4-3-5-16(14)18/h3-11,26H,1-2H3,(H,23,25,27). The number of aromatic nitrogens is 2. The molecule has 1 aliphatic heterocycles. The third kappa shape index (κ3) is 3.04. The summed E-state index contributed by atoms with van der Waals surface area (Å²) in [5, 5.41) is 10.9. The Labute approximate surface area is 161 Å². The molecule has 0 radical (unpaired) electrons. The van der Waals surface area contributed by atoms with Gasteiger partial charge < -0.3 is 5.11 Å². The topological polar surface area (TPSA) is 70.4 Å². The first kappa shape index (κ1) is 17.2. The number of rotatable bonds is 2. The van der Waals surface area contributed by atoms with Crippen molar-refractivity contribution in [2.45, 2.75) is 13.8 Å². The van der Waals surface area contributed by atoms with Crippen LogP contribution >= 0.6 is 12.2 Å². The van der Waals surface area contributed by atoms with Crippen LogP contribution in [0.4, 0.5) is 5.69 Å². The summed E-state index contributed by atoms with van der Waals surface area (Å²) in [4.78, 5) is 19.5. The van der Waals surface area contributed by atoms with Crippen LogP contribution in [-0.2, 0) is 0 Å². The molecule has 27 heavy (non-hydrogen) atoms. The molecule has 0 unspecified atom stereocenters. The molecule has 2 N–H and O–H groups in total. The number of allylic oxidation sites excluding steroid dienone is 1. The number of nitrogens with one attached hydrogen (secondary N) is 1. The lowest BCUT2D eigenvalue weighted by molar-refractivity contribution is 0.432. The van der Waals surface area contributed by atoms with Crippen molar-refractivity contribution in [2.24, 2.45) is 4.99 Å². The Hall–Kier alpha value is -3.25. The predicted molar refractivity (Wildman–Crippen MR) is 111 cm³/mol. The summed E-state index contributed by atoms with van der Waals surface area (Å²) in [5.74, 6) is -0.195. The van der Waals surface area contributed by atoms with Crippen molar-refractivity contribution in [1.29, 1.82) is 0 Å². The first-order chi connectivity index (χ1) is 12.9. The van der Waals surface area contributed by atoms with Gasteiger partial charge in [-0.05, 0) is 61.5 Å². The van der Waals surface area contributed by atoms with E-state index in [1.54, 1.807) is 12.3 Å².